The van der Waals surface area contributed by atoms with Gasteiger partial charge in [-0.15, -0.1) is 12.4 Å². The quantitative estimate of drug-likeness (QED) is 0.391. The Labute approximate surface area is 201 Å². The van der Waals surface area contributed by atoms with E-state index in [-0.39, 0.29) is 24.1 Å². The number of ketones is 1. The van der Waals surface area contributed by atoms with E-state index in [1.54, 1.807) is 43.3 Å². The van der Waals surface area contributed by atoms with Crippen LogP contribution in [0.15, 0.2) is 24.3 Å². The molecule has 7 nitrogen and oxygen atoms in total. The number of likely N-dealkylation sites (N-methyl/N-ethyl adjacent to an activating group) is 2. The van der Waals surface area contributed by atoms with Crippen molar-refractivity contribution in [1.29, 1.82) is 0 Å². The SMILES string of the molecule is CCC(C)C(C(=O)OCOC(=O)N(C)[C@]1(c2ccccc2Cl)CCCCC1=O)N(C)C.Cl. The molecule has 0 saturated heterocycles. The fraction of sp³-hybridized carbons (Fsp3) is 0.609. The number of carbonyl (C=O) groups excluding carboxylic acids is 3. The monoisotopic (exact) mass is 488 g/mol. The van der Waals surface area contributed by atoms with E-state index in [1.807, 2.05) is 13.8 Å². The smallest absolute Gasteiger partial charge is 0.413 e. The first-order chi connectivity index (χ1) is 14.7. The number of hydrogen-bond acceptors (Lipinski definition) is 6. The number of nitrogens with zero attached hydrogens (tertiary/aromatic N) is 2. The molecular formula is C23H34Cl2N2O5. The zero-order valence-corrected chi connectivity index (χ0v) is 21.0. The Morgan fingerprint density at radius 3 is 2.38 bits per heavy atom. The van der Waals surface area contributed by atoms with Crippen LogP contribution < -0.4 is 0 Å². The van der Waals surface area contributed by atoms with Gasteiger partial charge in [0.25, 0.3) is 0 Å². The van der Waals surface area contributed by atoms with Crippen molar-refractivity contribution in [2.75, 3.05) is 27.9 Å². The molecule has 0 radical (unpaired) electrons. The van der Waals surface area contributed by atoms with Gasteiger partial charge in [-0.2, -0.15) is 0 Å². The molecule has 3 atom stereocenters. The van der Waals surface area contributed by atoms with Crippen molar-refractivity contribution in [3.8, 4) is 0 Å². The van der Waals surface area contributed by atoms with Gasteiger partial charge in [0, 0.05) is 24.1 Å². The number of halogens is 2. The normalized spacial score (nSPS) is 20.2. The molecule has 32 heavy (non-hydrogen) atoms. The van der Waals surface area contributed by atoms with Crippen molar-refractivity contribution >= 4 is 41.9 Å². The van der Waals surface area contributed by atoms with E-state index in [9.17, 15) is 14.4 Å². The summed E-state index contributed by atoms with van der Waals surface area (Å²) in [5.74, 6) is -0.443. The van der Waals surface area contributed by atoms with Crippen molar-refractivity contribution in [3.63, 3.8) is 0 Å². The van der Waals surface area contributed by atoms with Gasteiger partial charge in [0.2, 0.25) is 6.79 Å². The average Bonchev–Trinajstić information content (AvgIpc) is 2.74. The lowest BCUT2D eigenvalue weighted by molar-refractivity contribution is -0.160. The minimum absolute atomic E-state index is 0. The topological polar surface area (TPSA) is 76.1 Å². The van der Waals surface area contributed by atoms with Crippen molar-refractivity contribution in [3.05, 3.63) is 34.9 Å². The zero-order valence-electron chi connectivity index (χ0n) is 19.4. The summed E-state index contributed by atoms with van der Waals surface area (Å²) in [7, 11) is 5.14. The van der Waals surface area contributed by atoms with Crippen LogP contribution in [0.5, 0.6) is 0 Å². The van der Waals surface area contributed by atoms with Crippen LogP contribution in [0.3, 0.4) is 0 Å². The number of hydrogen-bond donors (Lipinski definition) is 0. The van der Waals surface area contributed by atoms with Gasteiger partial charge >= 0.3 is 12.1 Å². The van der Waals surface area contributed by atoms with Crippen LogP contribution >= 0.6 is 24.0 Å². The van der Waals surface area contributed by atoms with Crippen molar-refractivity contribution in [2.24, 2.45) is 5.92 Å². The molecule has 0 bridgehead atoms. The average molecular weight is 489 g/mol. The van der Waals surface area contributed by atoms with Crippen molar-refractivity contribution < 1.29 is 23.9 Å². The molecule has 1 aliphatic rings. The molecule has 1 amide bonds. The second-order valence-corrected chi connectivity index (χ2v) is 8.72. The van der Waals surface area contributed by atoms with Crippen LogP contribution in [0, 0.1) is 5.92 Å². The maximum Gasteiger partial charge on any atom is 0.413 e. The third-order valence-corrected chi connectivity index (χ3v) is 6.51. The van der Waals surface area contributed by atoms with E-state index in [0.29, 0.717) is 23.4 Å². The Morgan fingerprint density at radius 2 is 1.81 bits per heavy atom. The fourth-order valence-corrected chi connectivity index (χ4v) is 4.57. The molecule has 0 aliphatic heterocycles. The van der Waals surface area contributed by atoms with Crippen LogP contribution in [0.1, 0.15) is 51.5 Å². The third kappa shape index (κ3) is 5.94. The number of rotatable bonds is 8. The molecular weight excluding hydrogens is 455 g/mol. The largest absolute Gasteiger partial charge is 0.427 e. The Bertz CT molecular complexity index is 804. The van der Waals surface area contributed by atoms with E-state index in [0.717, 1.165) is 19.3 Å². The predicted molar refractivity (Wildman–Crippen MR) is 126 cm³/mol. The molecule has 0 aromatic heterocycles. The Morgan fingerprint density at radius 1 is 1.16 bits per heavy atom. The molecule has 1 saturated carbocycles. The number of amides is 1. The van der Waals surface area contributed by atoms with Crippen LogP contribution in [0.25, 0.3) is 0 Å². The van der Waals surface area contributed by atoms with Gasteiger partial charge in [-0.3, -0.25) is 19.4 Å². The Kier molecular flexibility index (Phi) is 10.9. The van der Waals surface area contributed by atoms with E-state index >= 15 is 0 Å². The Balaban J connectivity index is 0.00000512. The lowest BCUT2D eigenvalue weighted by atomic mass is 9.74. The van der Waals surface area contributed by atoms with Crippen LogP contribution in [-0.4, -0.2) is 61.6 Å². The second kappa shape index (κ2) is 12.4. The van der Waals surface area contributed by atoms with Crippen LogP contribution in [0.4, 0.5) is 4.79 Å². The van der Waals surface area contributed by atoms with Crippen LogP contribution in [-0.2, 0) is 24.6 Å². The number of benzene rings is 1. The molecule has 1 fully saturated rings. The molecule has 0 N–H and O–H groups in total. The standard InChI is InChI=1S/C23H33ClN2O5.ClH/c1-6-16(2)20(25(3)4)21(28)30-15-31-22(29)26(5)23(14-10-9-13-19(23)27)17-11-7-8-12-18(17)24;/h7-8,11-12,16,20H,6,9-10,13-15H2,1-5H3;1H/t16?,20?,23-;/m0./s1. The first kappa shape index (κ1) is 28.2. The molecule has 1 aromatic rings. The minimum Gasteiger partial charge on any atom is -0.427 e. The minimum atomic E-state index is -1.19. The van der Waals surface area contributed by atoms with Crippen molar-refractivity contribution in [2.45, 2.75) is 57.5 Å². The summed E-state index contributed by atoms with van der Waals surface area (Å²) >= 11 is 6.41. The summed E-state index contributed by atoms with van der Waals surface area (Å²) in [5.41, 5.74) is -0.608. The second-order valence-electron chi connectivity index (χ2n) is 8.31. The van der Waals surface area contributed by atoms with E-state index in [1.165, 1.54) is 11.9 Å². The van der Waals surface area contributed by atoms with Gasteiger partial charge in [-0.1, -0.05) is 50.1 Å². The molecule has 0 spiro atoms. The summed E-state index contributed by atoms with van der Waals surface area (Å²) in [6, 6.07) is 6.61. The predicted octanol–water partition coefficient (Wildman–Crippen LogP) is 4.65. The van der Waals surface area contributed by atoms with Gasteiger partial charge in [0.15, 0.2) is 5.78 Å². The fourth-order valence-electron chi connectivity index (χ4n) is 4.28. The first-order valence-electron chi connectivity index (χ1n) is 10.7. The van der Waals surface area contributed by atoms with Gasteiger partial charge in [-0.25, -0.2) is 4.79 Å². The summed E-state index contributed by atoms with van der Waals surface area (Å²) in [6.07, 6.45) is 2.43. The molecule has 0 heterocycles. The van der Waals surface area contributed by atoms with E-state index in [4.69, 9.17) is 21.1 Å². The van der Waals surface area contributed by atoms with Gasteiger partial charge < -0.3 is 9.47 Å². The highest BCUT2D eigenvalue weighted by Crippen LogP contribution is 2.42. The molecule has 2 rings (SSSR count). The highest BCUT2D eigenvalue weighted by atomic mass is 35.5. The van der Waals surface area contributed by atoms with E-state index in [2.05, 4.69) is 0 Å². The first-order valence-corrected chi connectivity index (χ1v) is 11.1. The number of ether oxygens (including phenoxy) is 2. The van der Waals surface area contributed by atoms with Gasteiger partial charge in [0.1, 0.15) is 11.6 Å². The van der Waals surface area contributed by atoms with Gasteiger partial charge in [-0.05, 0) is 45.3 Å². The summed E-state index contributed by atoms with van der Waals surface area (Å²) in [4.78, 5) is 41.5. The Hall–Kier alpha value is -1.83. The highest BCUT2D eigenvalue weighted by Gasteiger charge is 2.48. The third-order valence-electron chi connectivity index (χ3n) is 6.18. The van der Waals surface area contributed by atoms with Gasteiger partial charge in [0.05, 0.1) is 0 Å². The number of Topliss-reactive ketones (excluding diaryl/α,β-unsaturated/α-hetero) is 1. The maximum absolute atomic E-state index is 13.1. The summed E-state index contributed by atoms with van der Waals surface area (Å²) in [5, 5.41) is 0.422. The molecule has 180 valence electrons. The zero-order chi connectivity index (χ0) is 23.2. The van der Waals surface area contributed by atoms with Crippen LogP contribution in [0.2, 0.25) is 5.02 Å². The highest BCUT2D eigenvalue weighted by molar-refractivity contribution is 6.31. The van der Waals surface area contributed by atoms with Crippen molar-refractivity contribution in [1.82, 2.24) is 9.80 Å². The molecule has 2 unspecified atom stereocenters. The lowest BCUT2D eigenvalue weighted by Crippen LogP contribution is -2.54. The molecule has 1 aromatic carbocycles. The maximum atomic E-state index is 13.1. The molecule has 9 heteroatoms. The molecule has 1 aliphatic carbocycles. The number of esters is 1. The summed E-state index contributed by atoms with van der Waals surface area (Å²) < 4.78 is 10.5. The number of carbonyl (C=O) groups is 3. The van der Waals surface area contributed by atoms with E-state index < -0.39 is 30.4 Å². The lowest BCUT2D eigenvalue weighted by Gasteiger charge is -2.43. The summed E-state index contributed by atoms with van der Waals surface area (Å²) in [6.45, 7) is 3.45.